The van der Waals surface area contributed by atoms with Crippen molar-refractivity contribution in [2.75, 3.05) is 0 Å². The summed E-state index contributed by atoms with van der Waals surface area (Å²) in [6.45, 7) is 0. The van der Waals surface area contributed by atoms with Gasteiger partial charge in [0.1, 0.15) is 11.5 Å². The molecule has 0 bridgehead atoms. The second-order valence-electron chi connectivity index (χ2n) is 4.46. The van der Waals surface area contributed by atoms with Crippen LogP contribution in [0, 0.1) is 0 Å². The fraction of sp³-hybridized carbons (Fsp3) is 0. The summed E-state index contributed by atoms with van der Waals surface area (Å²) in [5.74, 6) is -0.985. The van der Waals surface area contributed by atoms with E-state index in [1.165, 1.54) is 30.3 Å². The molecule has 0 saturated carbocycles. The summed E-state index contributed by atoms with van der Waals surface area (Å²) < 4.78 is 0.222. The minimum absolute atomic E-state index is 0.0309. The van der Waals surface area contributed by atoms with E-state index in [-0.39, 0.29) is 38.6 Å². The van der Waals surface area contributed by atoms with Gasteiger partial charge >= 0.3 is 0 Å². The van der Waals surface area contributed by atoms with Gasteiger partial charge < -0.3 is 20.4 Å². The molecule has 4 N–H and O–H groups in total. The van der Waals surface area contributed by atoms with Gasteiger partial charge in [-0.25, -0.2) is 0 Å². The van der Waals surface area contributed by atoms with E-state index in [4.69, 9.17) is 0 Å². The fourth-order valence-electron chi connectivity index (χ4n) is 2.10. The molecule has 3 aromatic rings. The SMILES string of the molecule is O=c1cc(-c2cccc(O)c2O)sc2c(O)ccc(O)c12. The first-order valence-electron chi connectivity index (χ1n) is 5.99. The van der Waals surface area contributed by atoms with Gasteiger partial charge in [-0.1, -0.05) is 6.07 Å². The highest BCUT2D eigenvalue weighted by Gasteiger charge is 2.15. The molecule has 0 saturated heterocycles. The van der Waals surface area contributed by atoms with Crippen LogP contribution in [0.4, 0.5) is 0 Å². The van der Waals surface area contributed by atoms with E-state index >= 15 is 0 Å². The molecule has 106 valence electrons. The number of aromatic hydroxyl groups is 4. The van der Waals surface area contributed by atoms with Crippen LogP contribution in [-0.2, 0) is 0 Å². The molecule has 21 heavy (non-hydrogen) atoms. The Labute approximate surface area is 122 Å². The topological polar surface area (TPSA) is 98.0 Å². The predicted octanol–water partition coefficient (Wildman–Crippen LogP) is 2.75. The molecule has 0 fully saturated rings. The largest absolute Gasteiger partial charge is 0.507 e. The minimum Gasteiger partial charge on any atom is -0.507 e. The lowest BCUT2D eigenvalue weighted by Gasteiger charge is -2.08. The van der Waals surface area contributed by atoms with Crippen LogP contribution in [0.2, 0.25) is 0 Å². The van der Waals surface area contributed by atoms with Crippen molar-refractivity contribution in [1.29, 1.82) is 0 Å². The smallest absolute Gasteiger partial charge is 0.192 e. The Morgan fingerprint density at radius 1 is 0.857 bits per heavy atom. The predicted molar refractivity (Wildman–Crippen MR) is 80.2 cm³/mol. The van der Waals surface area contributed by atoms with Crippen LogP contribution in [0.25, 0.3) is 20.5 Å². The quantitative estimate of drug-likeness (QED) is 0.409. The number of para-hydroxylation sites is 1. The van der Waals surface area contributed by atoms with Crippen molar-refractivity contribution in [2.24, 2.45) is 0 Å². The molecule has 6 heteroatoms. The van der Waals surface area contributed by atoms with Crippen molar-refractivity contribution in [3.05, 3.63) is 46.6 Å². The molecular weight excluding hydrogens is 292 g/mol. The van der Waals surface area contributed by atoms with Crippen molar-refractivity contribution in [1.82, 2.24) is 0 Å². The van der Waals surface area contributed by atoms with E-state index in [9.17, 15) is 25.2 Å². The maximum absolute atomic E-state index is 12.1. The zero-order valence-electron chi connectivity index (χ0n) is 10.6. The summed E-state index contributed by atoms with van der Waals surface area (Å²) in [7, 11) is 0. The Morgan fingerprint density at radius 3 is 2.33 bits per heavy atom. The van der Waals surface area contributed by atoms with Gasteiger partial charge in [0.2, 0.25) is 0 Å². The molecule has 2 aromatic carbocycles. The zero-order valence-corrected chi connectivity index (χ0v) is 11.4. The summed E-state index contributed by atoms with van der Waals surface area (Å²) >= 11 is 1.04. The van der Waals surface area contributed by atoms with Crippen molar-refractivity contribution < 1.29 is 20.4 Å². The highest BCUT2D eigenvalue weighted by Crippen LogP contribution is 2.41. The monoisotopic (exact) mass is 302 g/mol. The van der Waals surface area contributed by atoms with Gasteiger partial charge in [0.05, 0.1) is 10.1 Å². The zero-order chi connectivity index (χ0) is 15.1. The normalized spacial score (nSPS) is 10.9. The van der Waals surface area contributed by atoms with Crippen LogP contribution < -0.4 is 5.43 Å². The summed E-state index contributed by atoms with van der Waals surface area (Å²) in [5, 5.41) is 39.0. The van der Waals surface area contributed by atoms with E-state index in [1.54, 1.807) is 6.07 Å². The number of hydrogen-bond donors (Lipinski definition) is 4. The third-order valence-corrected chi connectivity index (χ3v) is 4.29. The number of phenols is 4. The van der Waals surface area contributed by atoms with Gasteiger partial charge in [0.25, 0.3) is 0 Å². The van der Waals surface area contributed by atoms with E-state index < -0.39 is 5.43 Å². The maximum Gasteiger partial charge on any atom is 0.192 e. The van der Waals surface area contributed by atoms with E-state index in [0.29, 0.717) is 4.88 Å². The van der Waals surface area contributed by atoms with Crippen molar-refractivity contribution in [2.45, 2.75) is 0 Å². The van der Waals surface area contributed by atoms with E-state index in [0.717, 1.165) is 11.3 Å². The summed E-state index contributed by atoms with van der Waals surface area (Å²) in [4.78, 5) is 12.5. The minimum atomic E-state index is -0.477. The molecule has 1 aromatic heterocycles. The highest BCUT2D eigenvalue weighted by atomic mass is 32.1. The molecule has 0 atom stereocenters. The lowest BCUT2D eigenvalue weighted by molar-refractivity contribution is 0.405. The molecule has 0 spiro atoms. The average molecular weight is 302 g/mol. The van der Waals surface area contributed by atoms with Gasteiger partial charge in [-0.05, 0) is 24.3 Å². The van der Waals surface area contributed by atoms with Crippen LogP contribution in [0.5, 0.6) is 23.0 Å². The lowest BCUT2D eigenvalue weighted by atomic mass is 10.1. The molecule has 1 heterocycles. The Bertz CT molecular complexity index is 914. The molecule has 0 radical (unpaired) electrons. The average Bonchev–Trinajstić information content (AvgIpc) is 2.45. The van der Waals surface area contributed by atoms with Crippen molar-refractivity contribution >= 4 is 21.4 Å². The van der Waals surface area contributed by atoms with Crippen LogP contribution in [0.3, 0.4) is 0 Å². The molecule has 0 amide bonds. The molecule has 0 aliphatic heterocycles. The molecule has 5 nitrogen and oxygen atoms in total. The third-order valence-electron chi connectivity index (χ3n) is 3.12. The summed E-state index contributed by atoms with van der Waals surface area (Å²) in [6.07, 6.45) is 0. The van der Waals surface area contributed by atoms with E-state index in [2.05, 4.69) is 0 Å². The van der Waals surface area contributed by atoms with Gasteiger partial charge in [0, 0.05) is 16.5 Å². The van der Waals surface area contributed by atoms with Gasteiger partial charge in [-0.3, -0.25) is 4.79 Å². The first-order chi connectivity index (χ1) is 9.99. The second kappa shape index (κ2) is 4.68. The fourth-order valence-corrected chi connectivity index (χ4v) is 3.24. The summed E-state index contributed by atoms with van der Waals surface area (Å²) in [6, 6.07) is 8.20. The van der Waals surface area contributed by atoms with Gasteiger partial charge in [0.15, 0.2) is 16.9 Å². The van der Waals surface area contributed by atoms with Crippen molar-refractivity contribution in [3.63, 3.8) is 0 Å². The Kier molecular flexibility index (Phi) is 2.95. The third kappa shape index (κ3) is 2.05. The van der Waals surface area contributed by atoms with Crippen LogP contribution in [0.1, 0.15) is 0 Å². The van der Waals surface area contributed by atoms with Crippen LogP contribution in [-0.4, -0.2) is 20.4 Å². The van der Waals surface area contributed by atoms with Crippen LogP contribution in [0.15, 0.2) is 41.2 Å². The highest BCUT2D eigenvalue weighted by molar-refractivity contribution is 7.22. The van der Waals surface area contributed by atoms with Crippen LogP contribution >= 0.6 is 11.3 Å². The molecular formula is C15H10O5S. The van der Waals surface area contributed by atoms with Crippen molar-refractivity contribution in [3.8, 4) is 33.4 Å². The van der Waals surface area contributed by atoms with Gasteiger partial charge in [-0.2, -0.15) is 0 Å². The van der Waals surface area contributed by atoms with Gasteiger partial charge in [-0.15, -0.1) is 11.3 Å². The maximum atomic E-state index is 12.1. The lowest BCUT2D eigenvalue weighted by Crippen LogP contribution is -1.99. The second-order valence-corrected chi connectivity index (χ2v) is 5.51. The first kappa shape index (κ1) is 13.3. The molecule has 0 aliphatic carbocycles. The Balaban J connectivity index is 2.39. The standard InChI is InChI=1S/C15H10O5S/c16-8-4-5-10(18)15-13(8)11(19)6-12(21-15)7-2-1-3-9(17)14(7)20/h1-6,16-18,20H. The number of rotatable bonds is 1. The Hall–Kier alpha value is -2.73. The molecule has 0 unspecified atom stereocenters. The number of fused-ring (bicyclic) bond motifs is 1. The first-order valence-corrected chi connectivity index (χ1v) is 6.81. The molecule has 0 aliphatic rings. The summed E-state index contributed by atoms with van der Waals surface area (Å²) in [5.41, 5.74) is -0.198. The number of phenolic OH excluding ortho intramolecular Hbond substituents is 4. The van der Waals surface area contributed by atoms with E-state index in [1.807, 2.05) is 0 Å². The number of benzene rings is 2. The number of hydrogen-bond acceptors (Lipinski definition) is 6. The Morgan fingerprint density at radius 2 is 1.57 bits per heavy atom. The molecule has 3 rings (SSSR count).